The number of thioether (sulfide) groups is 1. The van der Waals surface area contributed by atoms with Crippen molar-refractivity contribution in [2.75, 3.05) is 12.8 Å². The molecule has 6 nitrogen and oxygen atoms in total. The summed E-state index contributed by atoms with van der Waals surface area (Å²) in [5.41, 5.74) is 1.19. The molecule has 2 rings (SSSR count). The van der Waals surface area contributed by atoms with Crippen LogP contribution in [0, 0.1) is 6.92 Å². The van der Waals surface area contributed by atoms with Crippen LogP contribution in [0.1, 0.15) is 24.1 Å². The molecule has 1 heterocycles. The van der Waals surface area contributed by atoms with Gasteiger partial charge in [0, 0.05) is 18.8 Å². The van der Waals surface area contributed by atoms with Crippen molar-refractivity contribution >= 4 is 17.7 Å². The van der Waals surface area contributed by atoms with Crippen molar-refractivity contribution in [2.24, 2.45) is 12.0 Å². The van der Waals surface area contributed by atoms with Crippen LogP contribution in [0.2, 0.25) is 0 Å². The summed E-state index contributed by atoms with van der Waals surface area (Å²) in [6, 6.07) is 10.2. The minimum Gasteiger partial charge on any atom is -0.355 e. The van der Waals surface area contributed by atoms with E-state index >= 15 is 0 Å². The zero-order valence-electron chi connectivity index (χ0n) is 14.8. The van der Waals surface area contributed by atoms with Crippen LogP contribution in [0.3, 0.4) is 0 Å². The molecule has 1 unspecified atom stereocenters. The number of rotatable bonds is 7. The molecule has 0 radical (unpaired) electrons. The van der Waals surface area contributed by atoms with E-state index in [0.717, 1.165) is 24.2 Å². The molecule has 0 aliphatic rings. The van der Waals surface area contributed by atoms with Crippen LogP contribution in [0.5, 0.6) is 0 Å². The van der Waals surface area contributed by atoms with E-state index in [1.807, 2.05) is 48.5 Å². The standard InChI is InChI=1S/C17H26N6S/c1-13(24-4)10-18-17(19-11-15-8-6-5-7-9-15)20-12-16-22-21-14(2)23(16)3/h5-9,13H,10-12H2,1-4H3,(H2,18,19,20). The lowest BCUT2D eigenvalue weighted by molar-refractivity contribution is 0.712. The first-order valence-electron chi connectivity index (χ1n) is 8.04. The highest BCUT2D eigenvalue weighted by atomic mass is 32.2. The van der Waals surface area contributed by atoms with Gasteiger partial charge >= 0.3 is 0 Å². The van der Waals surface area contributed by atoms with Crippen LogP contribution >= 0.6 is 11.8 Å². The molecule has 1 aromatic heterocycles. The lowest BCUT2D eigenvalue weighted by atomic mass is 10.2. The molecule has 0 aliphatic heterocycles. The van der Waals surface area contributed by atoms with E-state index < -0.39 is 0 Å². The molecule has 0 spiro atoms. The van der Waals surface area contributed by atoms with Gasteiger partial charge in [-0.05, 0) is 18.7 Å². The lowest BCUT2D eigenvalue weighted by Gasteiger charge is -2.15. The quantitative estimate of drug-likeness (QED) is 0.594. The molecule has 0 amide bonds. The predicted octanol–water partition coefficient (Wildman–Crippen LogP) is 2.11. The number of nitrogens with zero attached hydrogens (tertiary/aromatic N) is 4. The Kier molecular flexibility index (Phi) is 7.11. The number of hydrogen-bond acceptors (Lipinski definition) is 4. The summed E-state index contributed by atoms with van der Waals surface area (Å²) in [6.45, 7) is 6.23. The average molecular weight is 347 g/mol. The largest absolute Gasteiger partial charge is 0.355 e. The number of aryl methyl sites for hydroxylation is 1. The number of guanidine groups is 1. The van der Waals surface area contributed by atoms with Crippen LogP contribution in [0.25, 0.3) is 0 Å². The van der Waals surface area contributed by atoms with Crippen LogP contribution in [-0.2, 0) is 20.1 Å². The fraction of sp³-hybridized carbons (Fsp3) is 0.471. The van der Waals surface area contributed by atoms with E-state index in [1.165, 1.54) is 5.56 Å². The first-order valence-corrected chi connectivity index (χ1v) is 9.32. The van der Waals surface area contributed by atoms with Gasteiger partial charge in [0.15, 0.2) is 11.8 Å². The second-order valence-electron chi connectivity index (χ2n) is 5.65. The molecular formula is C17H26N6S. The molecule has 7 heteroatoms. The van der Waals surface area contributed by atoms with Gasteiger partial charge in [-0.1, -0.05) is 37.3 Å². The molecule has 2 N–H and O–H groups in total. The molecule has 0 bridgehead atoms. The van der Waals surface area contributed by atoms with Crippen molar-refractivity contribution in [3.8, 4) is 0 Å². The fourth-order valence-corrected chi connectivity index (χ4v) is 2.27. The number of aliphatic imine (C=N–C) groups is 1. The molecule has 130 valence electrons. The number of hydrogen-bond donors (Lipinski definition) is 2. The third-order valence-corrected chi connectivity index (χ3v) is 4.79. The van der Waals surface area contributed by atoms with Crippen LogP contribution in [-0.4, -0.2) is 38.8 Å². The number of nitrogens with one attached hydrogen (secondary N) is 2. The summed E-state index contributed by atoms with van der Waals surface area (Å²) >= 11 is 1.83. The Morgan fingerprint density at radius 3 is 2.62 bits per heavy atom. The van der Waals surface area contributed by atoms with Gasteiger partial charge in [0.05, 0.1) is 13.1 Å². The first kappa shape index (κ1) is 18.3. The van der Waals surface area contributed by atoms with Crippen molar-refractivity contribution in [2.45, 2.75) is 32.2 Å². The lowest BCUT2D eigenvalue weighted by Crippen LogP contribution is -2.40. The summed E-state index contributed by atoms with van der Waals surface area (Å²) in [5.74, 6) is 2.58. The van der Waals surface area contributed by atoms with Gasteiger partial charge in [-0.3, -0.25) is 0 Å². The van der Waals surface area contributed by atoms with E-state index in [-0.39, 0.29) is 0 Å². The topological polar surface area (TPSA) is 67.1 Å². The molecule has 2 aromatic rings. The van der Waals surface area contributed by atoms with Gasteiger partial charge < -0.3 is 15.2 Å². The Labute approximate surface area is 148 Å². The van der Waals surface area contributed by atoms with Gasteiger partial charge in [0.2, 0.25) is 0 Å². The van der Waals surface area contributed by atoms with Gasteiger partial charge in [-0.25, -0.2) is 4.99 Å². The highest BCUT2D eigenvalue weighted by molar-refractivity contribution is 7.99. The maximum Gasteiger partial charge on any atom is 0.192 e. The maximum atomic E-state index is 4.68. The minimum absolute atomic E-state index is 0.519. The molecule has 1 aromatic carbocycles. The second-order valence-corrected chi connectivity index (χ2v) is 6.93. The van der Waals surface area contributed by atoms with Crippen molar-refractivity contribution in [3.05, 3.63) is 47.5 Å². The van der Waals surface area contributed by atoms with E-state index in [0.29, 0.717) is 18.3 Å². The Balaban J connectivity index is 2.00. The molecule has 0 aliphatic carbocycles. The summed E-state index contributed by atoms with van der Waals surface area (Å²) in [4.78, 5) is 4.68. The van der Waals surface area contributed by atoms with Crippen LogP contribution in [0.4, 0.5) is 0 Å². The van der Waals surface area contributed by atoms with Crippen molar-refractivity contribution in [3.63, 3.8) is 0 Å². The van der Waals surface area contributed by atoms with Gasteiger partial charge in [0.25, 0.3) is 0 Å². The molecule has 0 saturated carbocycles. The number of benzene rings is 1. The van der Waals surface area contributed by atoms with E-state index in [9.17, 15) is 0 Å². The van der Waals surface area contributed by atoms with E-state index in [2.05, 4.69) is 51.1 Å². The highest BCUT2D eigenvalue weighted by Gasteiger charge is 2.07. The van der Waals surface area contributed by atoms with Gasteiger partial charge in [-0.2, -0.15) is 11.8 Å². The van der Waals surface area contributed by atoms with Gasteiger partial charge in [0.1, 0.15) is 5.82 Å². The highest BCUT2D eigenvalue weighted by Crippen LogP contribution is 2.03. The van der Waals surface area contributed by atoms with E-state index in [4.69, 9.17) is 0 Å². The summed E-state index contributed by atoms with van der Waals surface area (Å²) in [6.07, 6.45) is 2.11. The second kappa shape index (κ2) is 9.32. The zero-order valence-corrected chi connectivity index (χ0v) is 15.6. The monoisotopic (exact) mass is 346 g/mol. The molecule has 0 fully saturated rings. The summed E-state index contributed by atoms with van der Waals surface area (Å²) in [7, 11) is 1.97. The average Bonchev–Trinajstić information content (AvgIpc) is 2.93. The normalized spacial score (nSPS) is 12.9. The molecular weight excluding hydrogens is 320 g/mol. The summed E-state index contributed by atoms with van der Waals surface area (Å²) < 4.78 is 1.98. The fourth-order valence-electron chi connectivity index (χ4n) is 2.02. The summed E-state index contributed by atoms with van der Waals surface area (Å²) in [5, 5.41) is 15.5. The maximum absolute atomic E-state index is 4.68. The zero-order chi connectivity index (χ0) is 17.4. The SMILES string of the molecule is CSC(C)CNC(=NCc1ccccc1)NCc1nnc(C)n1C. The smallest absolute Gasteiger partial charge is 0.192 e. The predicted molar refractivity (Wildman–Crippen MR) is 101 cm³/mol. The van der Waals surface area contributed by atoms with Crippen molar-refractivity contribution in [1.82, 2.24) is 25.4 Å². The first-order chi connectivity index (χ1) is 11.6. The third kappa shape index (κ3) is 5.56. The van der Waals surface area contributed by atoms with Crippen molar-refractivity contribution in [1.29, 1.82) is 0 Å². The Bertz CT molecular complexity index is 652. The Hall–Kier alpha value is -2.02. The third-order valence-electron chi connectivity index (χ3n) is 3.82. The Morgan fingerprint density at radius 2 is 2.00 bits per heavy atom. The minimum atomic E-state index is 0.519. The van der Waals surface area contributed by atoms with Crippen LogP contribution < -0.4 is 10.6 Å². The van der Waals surface area contributed by atoms with E-state index in [1.54, 1.807) is 0 Å². The molecule has 1 atom stereocenters. The Morgan fingerprint density at radius 1 is 1.25 bits per heavy atom. The van der Waals surface area contributed by atoms with Crippen LogP contribution in [0.15, 0.2) is 35.3 Å². The molecule has 0 saturated heterocycles. The molecule has 24 heavy (non-hydrogen) atoms. The number of aromatic nitrogens is 3. The van der Waals surface area contributed by atoms with Gasteiger partial charge in [-0.15, -0.1) is 10.2 Å². The van der Waals surface area contributed by atoms with Crippen molar-refractivity contribution < 1.29 is 0 Å².